The number of phenols is 2. The Labute approximate surface area is 372 Å². The zero-order valence-electron chi connectivity index (χ0n) is 37.4. The van der Waals surface area contributed by atoms with Gasteiger partial charge in [-0.15, -0.1) is 0 Å². The summed E-state index contributed by atoms with van der Waals surface area (Å²) in [5, 5.41) is 38.4. The van der Waals surface area contributed by atoms with E-state index >= 15 is 0 Å². The molecule has 10 nitrogen and oxygen atoms in total. The first-order chi connectivity index (χ1) is 27.1. The summed E-state index contributed by atoms with van der Waals surface area (Å²) in [4.78, 5) is 31.8. The van der Waals surface area contributed by atoms with Crippen molar-refractivity contribution in [3.8, 4) is 11.5 Å². The molecule has 0 spiro atoms. The fourth-order valence-electron chi connectivity index (χ4n) is 8.21. The molecule has 2 heterocycles. The molecule has 2 unspecified atom stereocenters. The average molecular weight is 870 g/mol. The number of aliphatic imine (C=N–C) groups is 2. The van der Waals surface area contributed by atoms with Crippen LogP contribution in [0.5, 0.6) is 11.5 Å². The van der Waals surface area contributed by atoms with Crippen molar-refractivity contribution in [2.24, 2.45) is 9.98 Å². The van der Waals surface area contributed by atoms with E-state index in [-0.39, 0.29) is 53.1 Å². The van der Waals surface area contributed by atoms with Gasteiger partial charge in [0.05, 0.1) is 38.3 Å². The van der Waals surface area contributed by atoms with Gasteiger partial charge in [0.15, 0.2) is 0 Å². The molecule has 0 saturated heterocycles. The monoisotopic (exact) mass is 870 g/mol. The van der Waals surface area contributed by atoms with E-state index in [0.717, 1.165) is 73.7 Å². The second-order valence-corrected chi connectivity index (χ2v) is 19.7. The molecule has 5 rings (SSSR count). The van der Waals surface area contributed by atoms with E-state index in [1.807, 2.05) is 12.4 Å². The van der Waals surface area contributed by atoms with Gasteiger partial charge >= 0.3 is 11.9 Å². The number of aromatic hydroxyl groups is 2. The summed E-state index contributed by atoms with van der Waals surface area (Å²) in [6.45, 7) is 24.6. The minimum absolute atomic E-state index is 0. The standard InChI is InChI=1S/C45H68N4O2.C3H4O4.CH4.Cr/c1-43(2,3)35-26-32(18-14-16-23-49-25-17-24-48-22-15-10-11-21-40(48)49)41(50)33(27-35)30-46-38-19-12-13-20-39(38)47-31-34-28-36(44(4,5)6)29-37(42(34)51)45(7,8)9;4-2(5)1-3(6)7;;/h26-31,38-39H,10-25H2,1-9H3,(H-,46,47,50,51);1H2,(H,4,5)(H,6,7);1H4;/p+1. The molecule has 11 heteroatoms. The molecule has 3 aliphatic rings. The summed E-state index contributed by atoms with van der Waals surface area (Å²) < 4.78 is 2.65. The Morgan fingerprint density at radius 3 is 1.77 bits per heavy atom. The topological polar surface area (TPSA) is 146 Å². The van der Waals surface area contributed by atoms with Gasteiger partial charge in [0.1, 0.15) is 17.9 Å². The van der Waals surface area contributed by atoms with Crippen molar-refractivity contribution in [2.75, 3.05) is 26.2 Å². The van der Waals surface area contributed by atoms with Gasteiger partial charge in [0.25, 0.3) is 0 Å². The zero-order valence-corrected chi connectivity index (χ0v) is 38.7. The van der Waals surface area contributed by atoms with Gasteiger partial charge in [-0.2, -0.15) is 0 Å². The van der Waals surface area contributed by atoms with Crippen LogP contribution in [0.1, 0.15) is 180 Å². The molecule has 4 N–H and O–H groups in total. The minimum Gasteiger partial charge on any atom is -0.507 e. The molecule has 0 radical (unpaired) electrons. The Balaban J connectivity index is 0.00000127. The molecule has 1 aliphatic carbocycles. The van der Waals surface area contributed by atoms with E-state index in [2.05, 4.69) is 96.1 Å². The van der Waals surface area contributed by atoms with Gasteiger partial charge in [-0.3, -0.25) is 29.0 Å². The second-order valence-electron chi connectivity index (χ2n) is 19.7. The smallest absolute Gasteiger partial charge is 0.314 e. The summed E-state index contributed by atoms with van der Waals surface area (Å²) in [5.74, 6) is -0.332. The second kappa shape index (κ2) is 23.0. The Hall–Kier alpha value is -3.68. The number of rotatable bonds is 11. The Kier molecular flexibility index (Phi) is 20.1. The van der Waals surface area contributed by atoms with Crippen LogP contribution >= 0.6 is 0 Å². The third-order valence-corrected chi connectivity index (χ3v) is 11.7. The molecule has 2 atom stereocenters. The van der Waals surface area contributed by atoms with Crippen LogP contribution in [-0.4, -0.2) is 98.4 Å². The van der Waals surface area contributed by atoms with E-state index in [1.54, 1.807) is 5.84 Å². The maximum atomic E-state index is 11.6. The maximum Gasteiger partial charge on any atom is 0.314 e. The fraction of sp³-hybridized carbons (Fsp3) is 0.653. The largest absolute Gasteiger partial charge is 0.507 e. The molecule has 0 aromatic heterocycles. The molecule has 60 heavy (non-hydrogen) atoms. The number of phenolic OH excluding ortho intramolecular Hbond substituents is 2. The van der Waals surface area contributed by atoms with Crippen molar-refractivity contribution < 1.29 is 52.0 Å². The molecule has 0 amide bonds. The predicted molar refractivity (Wildman–Crippen MR) is 243 cm³/mol. The van der Waals surface area contributed by atoms with Crippen LogP contribution < -0.4 is 0 Å². The number of aryl methyl sites for hydroxylation is 1. The third-order valence-electron chi connectivity index (χ3n) is 11.7. The number of carboxylic acids is 2. The van der Waals surface area contributed by atoms with E-state index in [0.29, 0.717) is 11.5 Å². The van der Waals surface area contributed by atoms with E-state index in [1.165, 1.54) is 62.9 Å². The van der Waals surface area contributed by atoms with Crippen LogP contribution in [-0.2, 0) is 49.6 Å². The molecule has 1 saturated carbocycles. The van der Waals surface area contributed by atoms with Crippen molar-refractivity contribution >= 4 is 30.2 Å². The molecule has 334 valence electrons. The summed E-state index contributed by atoms with van der Waals surface area (Å²) >= 11 is 0. The number of aliphatic carboxylic acids is 2. The quantitative estimate of drug-likeness (QED) is 0.0761. The molecule has 2 aromatic carbocycles. The predicted octanol–water partition coefficient (Wildman–Crippen LogP) is 10.0. The van der Waals surface area contributed by atoms with Gasteiger partial charge in [0.2, 0.25) is 5.84 Å². The Morgan fingerprint density at radius 2 is 1.25 bits per heavy atom. The van der Waals surface area contributed by atoms with Crippen LogP contribution in [0.3, 0.4) is 0 Å². The summed E-state index contributed by atoms with van der Waals surface area (Å²) in [5.41, 5.74) is 5.76. The summed E-state index contributed by atoms with van der Waals surface area (Å²) in [6, 6.07) is 8.70. The molecule has 2 aliphatic heterocycles. The Morgan fingerprint density at radius 1 is 0.717 bits per heavy atom. The molecule has 2 aromatic rings. The SMILES string of the molecule is C.CC(C)(C)c1cc(C=NC2CCCCC2N=Cc2cc(C(C)(C)C)cc(C(C)(C)C)c2O)c(O)c(CCCCN2CCC[N+]3=C2CCCCC3)c1.O=C(O)CC(=O)O.[Cr]. The van der Waals surface area contributed by atoms with Gasteiger partial charge in [0, 0.05) is 59.3 Å². The first kappa shape index (κ1) is 52.5. The summed E-state index contributed by atoms with van der Waals surface area (Å²) in [6.07, 6.45) is 16.8. The maximum absolute atomic E-state index is 11.6. The van der Waals surface area contributed by atoms with Gasteiger partial charge < -0.3 is 20.4 Å². The average Bonchev–Trinajstić information content (AvgIpc) is 3.38. The molecule has 1 fully saturated rings. The number of unbranched alkanes of at least 4 members (excludes halogenated alkanes) is 1. The minimum atomic E-state index is -1.31. The third kappa shape index (κ3) is 15.3. The zero-order chi connectivity index (χ0) is 42.8. The Bertz CT molecular complexity index is 1820. The van der Waals surface area contributed by atoms with Gasteiger partial charge in [-0.1, -0.05) is 94.7 Å². The van der Waals surface area contributed by atoms with Crippen LogP contribution in [0.25, 0.3) is 0 Å². The van der Waals surface area contributed by atoms with Crippen LogP contribution in [0.15, 0.2) is 34.3 Å². The number of amidine groups is 1. The van der Waals surface area contributed by atoms with Crippen molar-refractivity contribution in [1.82, 2.24) is 4.90 Å². The van der Waals surface area contributed by atoms with Gasteiger partial charge in [-0.25, -0.2) is 0 Å². The van der Waals surface area contributed by atoms with Crippen molar-refractivity contribution in [3.05, 3.63) is 57.6 Å². The number of nitrogens with zero attached hydrogens (tertiary/aromatic N) is 4. The van der Waals surface area contributed by atoms with E-state index in [9.17, 15) is 19.8 Å². The first-order valence-corrected chi connectivity index (χ1v) is 21.7. The van der Waals surface area contributed by atoms with Crippen molar-refractivity contribution in [1.29, 1.82) is 0 Å². The van der Waals surface area contributed by atoms with Crippen LogP contribution in [0.2, 0.25) is 0 Å². The number of carbonyl (C=O) groups is 2. The van der Waals surface area contributed by atoms with Crippen molar-refractivity contribution in [3.63, 3.8) is 0 Å². The molecule has 0 bridgehead atoms. The summed E-state index contributed by atoms with van der Waals surface area (Å²) in [7, 11) is 0. The number of benzene rings is 2. The molecular formula is C49H77CrN4O6+. The fourth-order valence-corrected chi connectivity index (χ4v) is 8.21. The normalized spacial score (nSPS) is 18.9. The number of carboxylic acid groups (broad SMARTS) is 2. The van der Waals surface area contributed by atoms with Crippen LogP contribution in [0.4, 0.5) is 0 Å². The first-order valence-electron chi connectivity index (χ1n) is 21.7. The van der Waals surface area contributed by atoms with E-state index < -0.39 is 18.4 Å². The molecular weight excluding hydrogens is 793 g/mol. The number of hydrogen-bond donors (Lipinski definition) is 4. The van der Waals surface area contributed by atoms with E-state index in [4.69, 9.17) is 20.2 Å². The van der Waals surface area contributed by atoms with Crippen LogP contribution in [0, 0.1) is 0 Å². The number of hydrogen-bond acceptors (Lipinski definition) is 7. The van der Waals surface area contributed by atoms with Gasteiger partial charge in [-0.05, 0) is 96.4 Å². The van der Waals surface area contributed by atoms with Crippen molar-refractivity contribution in [2.45, 2.75) is 182 Å².